The maximum Gasteiger partial charge on any atom is 0.317 e. The minimum absolute atomic E-state index is 0.0659. The summed E-state index contributed by atoms with van der Waals surface area (Å²) in [5.41, 5.74) is 0.847. The van der Waals surface area contributed by atoms with E-state index in [0.717, 1.165) is 31.5 Å². The van der Waals surface area contributed by atoms with Crippen LogP contribution in [0.1, 0.15) is 32.1 Å². The van der Waals surface area contributed by atoms with Gasteiger partial charge in [0.2, 0.25) is 5.91 Å². The van der Waals surface area contributed by atoms with Crippen LogP contribution >= 0.6 is 11.3 Å². The standard InChI is InChI=1S/C18H26N4O2S/c1-20-10-16(23)22(15-6-9-25-11-15)13-18(20)7-8-21(12-18)17(24)19-14-4-2-3-5-14/h6,9,11,14H,2-5,7-8,10,12-13H2,1H3,(H,19,24). The van der Waals surface area contributed by atoms with Gasteiger partial charge < -0.3 is 15.1 Å². The molecule has 1 aromatic heterocycles. The summed E-state index contributed by atoms with van der Waals surface area (Å²) in [6.45, 7) is 2.52. The quantitative estimate of drug-likeness (QED) is 0.877. The van der Waals surface area contributed by atoms with Gasteiger partial charge in [-0.2, -0.15) is 11.3 Å². The number of likely N-dealkylation sites (tertiary alicyclic amines) is 1. The van der Waals surface area contributed by atoms with Gasteiger partial charge in [-0.3, -0.25) is 9.69 Å². The zero-order valence-corrected chi connectivity index (χ0v) is 15.6. The van der Waals surface area contributed by atoms with Crippen LogP contribution < -0.4 is 10.2 Å². The number of nitrogens with one attached hydrogen (secondary N) is 1. The Bertz CT molecular complexity index is 644. The molecule has 1 saturated carbocycles. The third kappa shape index (κ3) is 3.15. The normalized spacial score (nSPS) is 28.3. The first-order chi connectivity index (χ1) is 12.1. The van der Waals surface area contributed by atoms with Crippen molar-refractivity contribution in [2.75, 3.05) is 38.1 Å². The van der Waals surface area contributed by atoms with Crippen molar-refractivity contribution >= 4 is 29.0 Å². The zero-order valence-electron chi connectivity index (χ0n) is 14.7. The summed E-state index contributed by atoms with van der Waals surface area (Å²) in [6.07, 6.45) is 5.55. The lowest BCUT2D eigenvalue weighted by molar-refractivity contribution is -0.123. The van der Waals surface area contributed by atoms with E-state index in [9.17, 15) is 9.59 Å². The first-order valence-electron chi connectivity index (χ1n) is 9.17. The highest BCUT2D eigenvalue weighted by Crippen LogP contribution is 2.34. The Morgan fingerprint density at radius 2 is 2.12 bits per heavy atom. The van der Waals surface area contributed by atoms with Crippen molar-refractivity contribution in [3.63, 3.8) is 0 Å². The number of urea groups is 1. The van der Waals surface area contributed by atoms with Gasteiger partial charge in [-0.25, -0.2) is 4.79 Å². The van der Waals surface area contributed by atoms with E-state index in [1.165, 1.54) is 12.8 Å². The topological polar surface area (TPSA) is 55.9 Å². The van der Waals surface area contributed by atoms with Crippen molar-refractivity contribution < 1.29 is 9.59 Å². The average Bonchev–Trinajstić information content (AvgIpc) is 3.33. The maximum atomic E-state index is 12.6. The highest BCUT2D eigenvalue weighted by molar-refractivity contribution is 7.08. The number of carbonyl (C=O) groups excluding carboxylic acids is 2. The monoisotopic (exact) mass is 362 g/mol. The van der Waals surface area contributed by atoms with Gasteiger partial charge in [-0.05, 0) is 37.8 Å². The molecule has 2 saturated heterocycles. The third-order valence-corrected chi connectivity index (χ3v) is 6.73. The maximum absolute atomic E-state index is 12.6. The number of anilines is 1. The molecular weight excluding hydrogens is 336 g/mol. The second-order valence-electron chi connectivity index (χ2n) is 7.64. The van der Waals surface area contributed by atoms with Crippen LogP contribution in [0.3, 0.4) is 0 Å². The molecule has 6 nitrogen and oxygen atoms in total. The Labute approximate surface area is 152 Å². The van der Waals surface area contributed by atoms with Gasteiger partial charge in [0, 0.05) is 31.1 Å². The number of piperazine rings is 1. The number of amides is 3. The highest BCUT2D eigenvalue weighted by Gasteiger charge is 2.48. The molecule has 3 amide bonds. The van der Waals surface area contributed by atoms with Crippen molar-refractivity contribution in [1.29, 1.82) is 0 Å². The Morgan fingerprint density at radius 1 is 1.32 bits per heavy atom. The van der Waals surface area contributed by atoms with Crippen molar-refractivity contribution in [3.05, 3.63) is 16.8 Å². The lowest BCUT2D eigenvalue weighted by atomic mass is 9.93. The van der Waals surface area contributed by atoms with E-state index >= 15 is 0 Å². The number of hydrogen-bond acceptors (Lipinski definition) is 4. The van der Waals surface area contributed by atoms with E-state index in [0.29, 0.717) is 25.7 Å². The predicted molar refractivity (Wildman–Crippen MR) is 99.0 cm³/mol. The minimum atomic E-state index is -0.136. The summed E-state index contributed by atoms with van der Waals surface area (Å²) in [5, 5.41) is 7.22. The van der Waals surface area contributed by atoms with Gasteiger partial charge in [0.05, 0.1) is 17.8 Å². The first kappa shape index (κ1) is 16.8. The van der Waals surface area contributed by atoms with Gasteiger partial charge in [0.1, 0.15) is 0 Å². The molecule has 2 aliphatic heterocycles. The van der Waals surface area contributed by atoms with E-state index in [2.05, 4.69) is 10.2 Å². The predicted octanol–water partition coefficient (Wildman–Crippen LogP) is 2.12. The summed E-state index contributed by atoms with van der Waals surface area (Å²) in [4.78, 5) is 31.1. The van der Waals surface area contributed by atoms with Crippen LogP contribution in [0.5, 0.6) is 0 Å². The molecular formula is C18H26N4O2S. The van der Waals surface area contributed by atoms with E-state index in [-0.39, 0.29) is 17.5 Å². The first-order valence-corrected chi connectivity index (χ1v) is 10.1. The van der Waals surface area contributed by atoms with Crippen LogP contribution in [0, 0.1) is 0 Å². The molecule has 3 heterocycles. The van der Waals surface area contributed by atoms with Gasteiger partial charge in [-0.15, -0.1) is 0 Å². The Balaban J connectivity index is 1.45. The second-order valence-corrected chi connectivity index (χ2v) is 8.42. The molecule has 0 radical (unpaired) electrons. The highest BCUT2D eigenvalue weighted by atomic mass is 32.1. The summed E-state index contributed by atoms with van der Waals surface area (Å²) in [6, 6.07) is 2.41. The molecule has 136 valence electrons. The number of hydrogen-bond donors (Lipinski definition) is 1. The van der Waals surface area contributed by atoms with Crippen LogP contribution in [0.15, 0.2) is 16.8 Å². The lowest BCUT2D eigenvalue weighted by Crippen LogP contribution is -2.64. The molecule has 1 atom stereocenters. The summed E-state index contributed by atoms with van der Waals surface area (Å²) in [7, 11) is 2.02. The van der Waals surface area contributed by atoms with Crippen molar-refractivity contribution in [1.82, 2.24) is 15.1 Å². The molecule has 3 fully saturated rings. The fraction of sp³-hybridized carbons (Fsp3) is 0.667. The molecule has 1 aliphatic carbocycles. The lowest BCUT2D eigenvalue weighted by Gasteiger charge is -2.46. The molecule has 7 heteroatoms. The molecule has 1 aromatic rings. The third-order valence-electron chi connectivity index (χ3n) is 6.06. The SMILES string of the molecule is CN1CC(=O)N(c2ccsc2)CC12CCN(C(=O)NC1CCCC1)C2. The number of carbonyl (C=O) groups is 2. The zero-order chi connectivity index (χ0) is 17.4. The summed E-state index contributed by atoms with van der Waals surface area (Å²) < 4.78 is 0. The molecule has 0 bridgehead atoms. The van der Waals surface area contributed by atoms with Gasteiger partial charge >= 0.3 is 6.03 Å². The fourth-order valence-electron chi connectivity index (χ4n) is 4.41. The van der Waals surface area contributed by atoms with Gasteiger partial charge in [-0.1, -0.05) is 12.8 Å². The Kier molecular flexibility index (Phi) is 4.45. The molecule has 25 heavy (non-hydrogen) atoms. The van der Waals surface area contributed by atoms with E-state index in [1.54, 1.807) is 11.3 Å². The second kappa shape index (κ2) is 6.61. The summed E-state index contributed by atoms with van der Waals surface area (Å²) >= 11 is 1.61. The van der Waals surface area contributed by atoms with Crippen molar-refractivity contribution in [3.8, 4) is 0 Å². The summed E-state index contributed by atoms with van der Waals surface area (Å²) in [5.74, 6) is 0.139. The number of rotatable bonds is 2. The Morgan fingerprint density at radius 3 is 2.84 bits per heavy atom. The minimum Gasteiger partial charge on any atom is -0.335 e. The molecule has 1 spiro atoms. The average molecular weight is 362 g/mol. The van der Waals surface area contributed by atoms with Crippen molar-refractivity contribution in [2.45, 2.75) is 43.7 Å². The van der Waals surface area contributed by atoms with Gasteiger partial charge in [0.25, 0.3) is 0 Å². The number of likely N-dealkylation sites (N-methyl/N-ethyl adjacent to an activating group) is 1. The fourth-order valence-corrected chi connectivity index (χ4v) is 5.05. The smallest absolute Gasteiger partial charge is 0.317 e. The van der Waals surface area contributed by atoms with Crippen LogP contribution in [0.25, 0.3) is 0 Å². The largest absolute Gasteiger partial charge is 0.335 e. The van der Waals surface area contributed by atoms with E-state index < -0.39 is 0 Å². The van der Waals surface area contributed by atoms with Crippen LogP contribution in [0.4, 0.5) is 10.5 Å². The molecule has 1 N–H and O–H groups in total. The number of thiophene rings is 1. The van der Waals surface area contributed by atoms with Crippen molar-refractivity contribution in [2.24, 2.45) is 0 Å². The molecule has 1 unspecified atom stereocenters. The van der Waals surface area contributed by atoms with E-state index in [4.69, 9.17) is 0 Å². The Hall–Kier alpha value is -1.60. The van der Waals surface area contributed by atoms with E-state index in [1.807, 2.05) is 33.7 Å². The van der Waals surface area contributed by atoms with Gasteiger partial charge in [0.15, 0.2) is 0 Å². The van der Waals surface area contributed by atoms with Crippen LogP contribution in [-0.4, -0.2) is 66.5 Å². The van der Waals surface area contributed by atoms with Crippen LogP contribution in [0.2, 0.25) is 0 Å². The molecule has 4 rings (SSSR count). The molecule has 0 aromatic carbocycles. The molecule has 3 aliphatic rings. The number of nitrogens with zero attached hydrogens (tertiary/aromatic N) is 3. The van der Waals surface area contributed by atoms with Crippen LogP contribution in [-0.2, 0) is 4.79 Å².